The quantitative estimate of drug-likeness (QED) is 0.800. The zero-order chi connectivity index (χ0) is 12.1. The molecule has 1 aromatic carbocycles. The van der Waals surface area contributed by atoms with E-state index in [1.807, 2.05) is 6.92 Å². The van der Waals surface area contributed by atoms with Crippen molar-refractivity contribution < 1.29 is 13.7 Å². The molecule has 1 heterocycles. The lowest BCUT2D eigenvalue weighted by molar-refractivity contribution is 0.272. The van der Waals surface area contributed by atoms with Gasteiger partial charge >= 0.3 is 0 Å². The van der Waals surface area contributed by atoms with Crippen molar-refractivity contribution in [1.82, 2.24) is 10.1 Å². The molecule has 0 amide bonds. The Balaban J connectivity index is 1.95. The second-order valence-electron chi connectivity index (χ2n) is 3.57. The number of aromatic nitrogens is 2. The predicted molar refractivity (Wildman–Crippen MR) is 59.0 cm³/mol. The molecule has 0 N–H and O–H groups in total. The van der Waals surface area contributed by atoms with Crippen LogP contribution in [0.3, 0.4) is 0 Å². The van der Waals surface area contributed by atoms with E-state index in [-0.39, 0.29) is 12.4 Å². The first kappa shape index (κ1) is 11.6. The highest BCUT2D eigenvalue weighted by Crippen LogP contribution is 2.16. The second kappa shape index (κ2) is 5.43. The number of hydrogen-bond donors (Lipinski definition) is 0. The zero-order valence-electron chi connectivity index (χ0n) is 9.52. The molecular weight excluding hydrogens is 223 g/mol. The van der Waals surface area contributed by atoms with Crippen LogP contribution < -0.4 is 4.74 Å². The van der Waals surface area contributed by atoms with Crippen LogP contribution in [0.5, 0.6) is 5.75 Å². The van der Waals surface area contributed by atoms with Crippen molar-refractivity contribution >= 4 is 0 Å². The van der Waals surface area contributed by atoms with Crippen LogP contribution in [0.2, 0.25) is 0 Å². The third kappa shape index (κ3) is 3.03. The fraction of sp³-hybridized carbons (Fsp3) is 0.333. The van der Waals surface area contributed by atoms with Crippen LogP contribution >= 0.6 is 0 Å². The number of hydrogen-bond acceptors (Lipinski definition) is 4. The van der Waals surface area contributed by atoms with Gasteiger partial charge in [-0.3, -0.25) is 0 Å². The van der Waals surface area contributed by atoms with Crippen LogP contribution in [0.1, 0.15) is 25.1 Å². The molecule has 0 aliphatic rings. The molecule has 4 nitrogen and oxygen atoms in total. The van der Waals surface area contributed by atoms with Crippen molar-refractivity contribution in [3.8, 4) is 5.75 Å². The first-order chi connectivity index (χ1) is 8.29. The summed E-state index contributed by atoms with van der Waals surface area (Å²) in [6.07, 6.45) is 1.68. The Morgan fingerprint density at radius 3 is 2.94 bits per heavy atom. The summed E-state index contributed by atoms with van der Waals surface area (Å²) in [5.41, 5.74) is 0. The highest BCUT2D eigenvalue weighted by atomic mass is 19.1. The molecule has 90 valence electrons. The molecule has 0 fully saturated rings. The molecule has 0 aliphatic heterocycles. The minimum atomic E-state index is -0.398. The Kier molecular flexibility index (Phi) is 3.69. The molecule has 0 unspecified atom stereocenters. The summed E-state index contributed by atoms with van der Waals surface area (Å²) in [5.74, 6) is 0.801. The van der Waals surface area contributed by atoms with Crippen molar-refractivity contribution in [1.29, 1.82) is 0 Å². The lowest BCUT2D eigenvalue weighted by atomic mass is 10.3. The van der Waals surface area contributed by atoms with Crippen molar-refractivity contribution in [2.24, 2.45) is 0 Å². The maximum absolute atomic E-state index is 13.2. The average molecular weight is 236 g/mol. The smallest absolute Gasteiger partial charge is 0.226 e. The monoisotopic (exact) mass is 236 g/mol. The molecule has 0 saturated carbocycles. The van der Waals surface area contributed by atoms with Gasteiger partial charge in [-0.15, -0.1) is 0 Å². The van der Waals surface area contributed by atoms with Gasteiger partial charge in [0.2, 0.25) is 11.7 Å². The summed E-state index contributed by atoms with van der Waals surface area (Å²) in [5, 5.41) is 3.75. The van der Waals surface area contributed by atoms with Crippen LogP contribution in [-0.4, -0.2) is 10.1 Å². The third-order valence-electron chi connectivity index (χ3n) is 2.17. The van der Waals surface area contributed by atoms with Gasteiger partial charge in [0.25, 0.3) is 0 Å². The van der Waals surface area contributed by atoms with E-state index in [1.165, 1.54) is 6.07 Å². The summed E-state index contributed by atoms with van der Waals surface area (Å²) in [4.78, 5) is 4.12. The summed E-state index contributed by atoms with van der Waals surface area (Å²) < 4.78 is 23.5. The molecule has 2 aromatic rings. The van der Waals surface area contributed by atoms with Crippen LogP contribution in [0.15, 0.2) is 28.8 Å². The second-order valence-corrected chi connectivity index (χ2v) is 3.57. The molecule has 0 spiro atoms. The minimum Gasteiger partial charge on any atom is -0.482 e. The highest BCUT2D eigenvalue weighted by molar-refractivity contribution is 5.23. The summed E-state index contributed by atoms with van der Waals surface area (Å²) in [6, 6.07) is 6.21. The van der Waals surface area contributed by atoms with E-state index in [0.29, 0.717) is 11.7 Å². The summed E-state index contributed by atoms with van der Waals surface area (Å²) >= 11 is 0. The molecule has 0 bridgehead atoms. The van der Waals surface area contributed by atoms with Gasteiger partial charge in [-0.25, -0.2) is 4.39 Å². The predicted octanol–water partition coefficient (Wildman–Crippen LogP) is 2.74. The zero-order valence-corrected chi connectivity index (χ0v) is 9.52. The number of halogens is 1. The number of nitrogens with zero attached hydrogens (tertiary/aromatic N) is 2. The fourth-order valence-corrected chi connectivity index (χ4v) is 1.37. The average Bonchev–Trinajstić information content (AvgIpc) is 2.76. The van der Waals surface area contributed by atoms with E-state index in [9.17, 15) is 4.39 Å². The van der Waals surface area contributed by atoms with E-state index < -0.39 is 5.82 Å². The Bertz CT molecular complexity index is 485. The molecule has 17 heavy (non-hydrogen) atoms. The Morgan fingerprint density at radius 1 is 1.35 bits per heavy atom. The van der Waals surface area contributed by atoms with Gasteiger partial charge in [0.05, 0.1) is 0 Å². The van der Waals surface area contributed by atoms with Gasteiger partial charge in [-0.05, 0) is 18.6 Å². The molecule has 5 heteroatoms. The lowest BCUT2D eigenvalue weighted by Crippen LogP contribution is -1.99. The molecule has 0 saturated heterocycles. The van der Waals surface area contributed by atoms with Gasteiger partial charge in [-0.2, -0.15) is 4.98 Å². The summed E-state index contributed by atoms with van der Waals surface area (Å²) in [6.45, 7) is 2.13. The fourth-order valence-electron chi connectivity index (χ4n) is 1.37. The van der Waals surface area contributed by atoms with E-state index in [2.05, 4.69) is 10.1 Å². The van der Waals surface area contributed by atoms with E-state index in [4.69, 9.17) is 9.26 Å². The molecule has 0 aliphatic carbocycles. The van der Waals surface area contributed by atoms with Gasteiger partial charge in [0.15, 0.2) is 18.2 Å². The topological polar surface area (TPSA) is 48.2 Å². The largest absolute Gasteiger partial charge is 0.482 e. The van der Waals surface area contributed by atoms with Crippen LogP contribution in [0.25, 0.3) is 0 Å². The molecule has 0 atom stereocenters. The minimum absolute atomic E-state index is 0.105. The lowest BCUT2D eigenvalue weighted by Gasteiger charge is -2.03. The van der Waals surface area contributed by atoms with Gasteiger partial charge in [-0.1, -0.05) is 24.2 Å². The number of para-hydroxylation sites is 1. The maximum atomic E-state index is 13.2. The van der Waals surface area contributed by atoms with E-state index in [1.54, 1.807) is 18.2 Å². The first-order valence-electron chi connectivity index (χ1n) is 5.48. The maximum Gasteiger partial charge on any atom is 0.226 e. The van der Waals surface area contributed by atoms with Gasteiger partial charge in [0.1, 0.15) is 0 Å². The van der Waals surface area contributed by atoms with Crippen LogP contribution in [0.4, 0.5) is 4.39 Å². The standard InChI is InChI=1S/C12H13FN2O2/c1-2-5-12-14-11(15-17-12)8-16-10-7-4-3-6-9(10)13/h3-4,6-7H,2,5,8H2,1H3. The number of aryl methyl sites for hydroxylation is 1. The Morgan fingerprint density at radius 2 is 2.18 bits per heavy atom. The SMILES string of the molecule is CCCc1nc(COc2ccccc2F)no1. The van der Waals surface area contributed by atoms with Crippen LogP contribution in [-0.2, 0) is 13.0 Å². The number of benzene rings is 1. The molecular formula is C12H13FN2O2. The van der Waals surface area contributed by atoms with Gasteiger partial charge in [0, 0.05) is 6.42 Å². The third-order valence-corrected chi connectivity index (χ3v) is 2.17. The summed E-state index contributed by atoms with van der Waals surface area (Å²) in [7, 11) is 0. The molecule has 2 rings (SSSR count). The first-order valence-corrected chi connectivity index (χ1v) is 5.48. The van der Waals surface area contributed by atoms with Crippen molar-refractivity contribution in [3.63, 3.8) is 0 Å². The van der Waals surface area contributed by atoms with Crippen molar-refractivity contribution in [3.05, 3.63) is 41.8 Å². The van der Waals surface area contributed by atoms with Gasteiger partial charge < -0.3 is 9.26 Å². The van der Waals surface area contributed by atoms with Crippen molar-refractivity contribution in [2.45, 2.75) is 26.4 Å². The van der Waals surface area contributed by atoms with Crippen molar-refractivity contribution in [2.75, 3.05) is 0 Å². The number of ether oxygens (including phenoxy) is 1. The Hall–Kier alpha value is -1.91. The van der Waals surface area contributed by atoms with E-state index >= 15 is 0 Å². The number of rotatable bonds is 5. The molecule has 1 aromatic heterocycles. The van der Waals surface area contributed by atoms with Crippen LogP contribution in [0, 0.1) is 5.82 Å². The van der Waals surface area contributed by atoms with E-state index in [0.717, 1.165) is 12.8 Å². The highest BCUT2D eigenvalue weighted by Gasteiger charge is 2.07. The Labute approximate surface area is 98.4 Å². The normalized spacial score (nSPS) is 10.5. The molecule has 0 radical (unpaired) electrons.